The van der Waals surface area contributed by atoms with Gasteiger partial charge in [0.15, 0.2) is 0 Å². The van der Waals surface area contributed by atoms with E-state index in [1.807, 2.05) is 0 Å². The molecule has 0 heterocycles. The van der Waals surface area contributed by atoms with Gasteiger partial charge in [0.25, 0.3) is 0 Å². The van der Waals surface area contributed by atoms with E-state index < -0.39 is 0 Å². The number of aliphatic hydroxyl groups excluding tert-OH is 1. The highest BCUT2D eigenvalue weighted by Crippen LogP contribution is 2.21. The number of hydrogen-bond acceptors (Lipinski definition) is 4. The van der Waals surface area contributed by atoms with Crippen molar-refractivity contribution < 1.29 is 14.6 Å². The second-order valence-electron chi connectivity index (χ2n) is 5.50. The smallest absolute Gasteiger partial charge is 0.0600 e. The zero-order valence-corrected chi connectivity index (χ0v) is 12.0. The van der Waals surface area contributed by atoms with Crippen LogP contribution in [0.5, 0.6) is 0 Å². The monoisotopic (exact) mass is 247 g/mol. The fraction of sp³-hybridized carbons (Fsp3) is 1.00. The van der Waals surface area contributed by atoms with Gasteiger partial charge in [0.05, 0.1) is 19.3 Å². The van der Waals surface area contributed by atoms with Gasteiger partial charge in [-0.2, -0.15) is 0 Å². The van der Waals surface area contributed by atoms with Crippen LogP contribution < -0.4 is 0 Å². The van der Waals surface area contributed by atoms with Crippen molar-refractivity contribution in [1.82, 2.24) is 4.90 Å². The SMILES string of the molecule is COCCN(CCOC)CCC(O)C(C)(C)C. The molecular weight excluding hydrogens is 218 g/mol. The fourth-order valence-corrected chi connectivity index (χ4v) is 1.51. The topological polar surface area (TPSA) is 41.9 Å². The van der Waals surface area contributed by atoms with Crippen molar-refractivity contribution >= 4 is 0 Å². The summed E-state index contributed by atoms with van der Waals surface area (Å²) in [5.74, 6) is 0. The van der Waals surface area contributed by atoms with Crippen LogP contribution in [0.4, 0.5) is 0 Å². The minimum atomic E-state index is -0.268. The van der Waals surface area contributed by atoms with Crippen LogP contribution >= 0.6 is 0 Å². The molecule has 104 valence electrons. The van der Waals surface area contributed by atoms with Crippen LogP contribution in [-0.4, -0.2) is 63.2 Å². The van der Waals surface area contributed by atoms with E-state index in [2.05, 4.69) is 25.7 Å². The summed E-state index contributed by atoms with van der Waals surface area (Å²) in [6.07, 6.45) is 0.520. The van der Waals surface area contributed by atoms with Gasteiger partial charge in [-0.15, -0.1) is 0 Å². The van der Waals surface area contributed by atoms with Crippen LogP contribution in [0.1, 0.15) is 27.2 Å². The molecule has 4 heteroatoms. The third kappa shape index (κ3) is 8.55. The molecule has 0 aromatic rings. The summed E-state index contributed by atoms with van der Waals surface area (Å²) >= 11 is 0. The van der Waals surface area contributed by atoms with Crippen LogP contribution in [0.3, 0.4) is 0 Å². The van der Waals surface area contributed by atoms with Crippen molar-refractivity contribution in [2.24, 2.45) is 5.41 Å². The fourth-order valence-electron chi connectivity index (χ4n) is 1.51. The van der Waals surface area contributed by atoms with E-state index in [1.54, 1.807) is 14.2 Å². The van der Waals surface area contributed by atoms with Crippen LogP contribution in [0.15, 0.2) is 0 Å². The second-order valence-corrected chi connectivity index (χ2v) is 5.50. The Balaban J connectivity index is 3.96. The van der Waals surface area contributed by atoms with Gasteiger partial charge in [-0.25, -0.2) is 0 Å². The van der Waals surface area contributed by atoms with E-state index in [0.29, 0.717) is 0 Å². The first-order valence-electron chi connectivity index (χ1n) is 6.30. The van der Waals surface area contributed by atoms with Gasteiger partial charge in [0, 0.05) is 33.9 Å². The van der Waals surface area contributed by atoms with Gasteiger partial charge in [-0.05, 0) is 11.8 Å². The molecule has 0 aromatic heterocycles. The van der Waals surface area contributed by atoms with E-state index in [1.165, 1.54) is 0 Å². The van der Waals surface area contributed by atoms with E-state index in [0.717, 1.165) is 39.3 Å². The van der Waals surface area contributed by atoms with Crippen LogP contribution in [0.2, 0.25) is 0 Å². The highest BCUT2D eigenvalue weighted by molar-refractivity contribution is 4.74. The Morgan fingerprint density at radius 1 is 1.00 bits per heavy atom. The number of nitrogens with zero attached hydrogens (tertiary/aromatic N) is 1. The Morgan fingerprint density at radius 3 is 1.82 bits per heavy atom. The van der Waals surface area contributed by atoms with Crippen molar-refractivity contribution in [3.05, 3.63) is 0 Å². The molecule has 0 aliphatic carbocycles. The van der Waals surface area contributed by atoms with Crippen molar-refractivity contribution in [2.45, 2.75) is 33.3 Å². The van der Waals surface area contributed by atoms with Gasteiger partial charge in [-0.3, -0.25) is 4.90 Å². The lowest BCUT2D eigenvalue weighted by Crippen LogP contribution is -2.36. The average Bonchev–Trinajstić information content (AvgIpc) is 2.26. The molecule has 0 saturated heterocycles. The molecule has 0 spiro atoms. The molecule has 0 saturated carbocycles. The molecule has 0 bridgehead atoms. The zero-order chi connectivity index (χ0) is 13.3. The Hall–Kier alpha value is -0.160. The molecule has 1 unspecified atom stereocenters. The highest BCUT2D eigenvalue weighted by atomic mass is 16.5. The number of rotatable bonds is 9. The zero-order valence-electron chi connectivity index (χ0n) is 12.0. The number of ether oxygens (including phenoxy) is 2. The first kappa shape index (κ1) is 16.8. The minimum absolute atomic E-state index is 0.0474. The number of hydrogen-bond donors (Lipinski definition) is 1. The third-order valence-corrected chi connectivity index (χ3v) is 2.94. The Labute approximate surface area is 106 Å². The summed E-state index contributed by atoms with van der Waals surface area (Å²) in [5, 5.41) is 10.00. The molecular formula is C13H29NO3. The Morgan fingerprint density at radius 2 is 1.47 bits per heavy atom. The standard InChI is InChI=1S/C13H29NO3/c1-13(2,3)12(15)6-7-14(8-10-16-4)9-11-17-5/h12,15H,6-11H2,1-5H3. The van der Waals surface area contributed by atoms with Crippen LogP contribution in [0.25, 0.3) is 0 Å². The Bertz CT molecular complexity index is 172. The molecule has 1 atom stereocenters. The summed E-state index contributed by atoms with van der Waals surface area (Å²) in [6, 6.07) is 0. The molecule has 0 amide bonds. The summed E-state index contributed by atoms with van der Waals surface area (Å²) in [5.41, 5.74) is -0.0474. The normalized spacial score (nSPS) is 14.3. The van der Waals surface area contributed by atoms with Crippen molar-refractivity contribution in [1.29, 1.82) is 0 Å². The average molecular weight is 247 g/mol. The molecule has 4 nitrogen and oxygen atoms in total. The number of aliphatic hydroxyl groups is 1. The maximum atomic E-state index is 10.00. The summed E-state index contributed by atoms with van der Waals surface area (Å²) < 4.78 is 10.2. The van der Waals surface area contributed by atoms with Crippen molar-refractivity contribution in [3.63, 3.8) is 0 Å². The molecule has 17 heavy (non-hydrogen) atoms. The third-order valence-electron chi connectivity index (χ3n) is 2.94. The molecule has 1 N–H and O–H groups in total. The predicted molar refractivity (Wildman–Crippen MR) is 70.3 cm³/mol. The quantitative estimate of drug-likeness (QED) is 0.668. The van der Waals surface area contributed by atoms with E-state index in [-0.39, 0.29) is 11.5 Å². The predicted octanol–water partition coefficient (Wildman–Crippen LogP) is 1.38. The first-order valence-corrected chi connectivity index (χ1v) is 6.30. The Kier molecular flexibility index (Phi) is 8.78. The van der Waals surface area contributed by atoms with E-state index >= 15 is 0 Å². The summed E-state index contributed by atoms with van der Waals surface area (Å²) in [7, 11) is 3.41. The van der Waals surface area contributed by atoms with Crippen LogP contribution in [-0.2, 0) is 9.47 Å². The van der Waals surface area contributed by atoms with Gasteiger partial charge < -0.3 is 14.6 Å². The molecule has 0 aromatic carbocycles. The van der Waals surface area contributed by atoms with Gasteiger partial charge >= 0.3 is 0 Å². The lowest BCUT2D eigenvalue weighted by molar-refractivity contribution is 0.0385. The second kappa shape index (κ2) is 8.86. The van der Waals surface area contributed by atoms with Gasteiger partial charge in [0.2, 0.25) is 0 Å². The van der Waals surface area contributed by atoms with Gasteiger partial charge in [0.1, 0.15) is 0 Å². The lowest BCUT2D eigenvalue weighted by atomic mass is 9.87. The van der Waals surface area contributed by atoms with E-state index in [4.69, 9.17) is 9.47 Å². The minimum Gasteiger partial charge on any atom is -0.393 e. The summed E-state index contributed by atoms with van der Waals surface area (Å²) in [6.45, 7) is 10.3. The van der Waals surface area contributed by atoms with Crippen LogP contribution in [0, 0.1) is 5.41 Å². The lowest BCUT2D eigenvalue weighted by Gasteiger charge is -2.29. The highest BCUT2D eigenvalue weighted by Gasteiger charge is 2.22. The first-order chi connectivity index (χ1) is 7.91. The number of methoxy groups -OCH3 is 2. The maximum Gasteiger partial charge on any atom is 0.0600 e. The molecule has 0 rings (SSSR count). The van der Waals surface area contributed by atoms with Gasteiger partial charge in [-0.1, -0.05) is 20.8 Å². The van der Waals surface area contributed by atoms with Crippen molar-refractivity contribution in [2.75, 3.05) is 47.1 Å². The van der Waals surface area contributed by atoms with E-state index in [9.17, 15) is 5.11 Å². The molecule has 0 aliphatic heterocycles. The largest absolute Gasteiger partial charge is 0.393 e. The molecule has 0 radical (unpaired) electrons. The molecule has 0 aliphatic rings. The van der Waals surface area contributed by atoms with Crippen molar-refractivity contribution in [3.8, 4) is 0 Å². The summed E-state index contributed by atoms with van der Waals surface area (Å²) in [4.78, 5) is 2.27. The maximum absolute atomic E-state index is 10.00. The molecule has 0 fully saturated rings.